The van der Waals surface area contributed by atoms with Gasteiger partial charge in [-0.25, -0.2) is 14.2 Å². The van der Waals surface area contributed by atoms with Crippen molar-refractivity contribution in [2.45, 2.75) is 39.7 Å². The molecule has 1 aromatic heterocycles. The first-order valence-electron chi connectivity index (χ1n) is 10.6. The summed E-state index contributed by atoms with van der Waals surface area (Å²) in [6, 6.07) is 7.86. The number of amides is 1. The number of hydrogen-bond donors (Lipinski definition) is 2. The lowest BCUT2D eigenvalue weighted by Crippen LogP contribution is -2.51. The van der Waals surface area contributed by atoms with Gasteiger partial charge in [-0.2, -0.15) is 10.2 Å². The number of carboxylic acid groups (broad SMARTS) is 1. The second-order valence-electron chi connectivity index (χ2n) is 9.45. The van der Waals surface area contributed by atoms with E-state index in [1.54, 1.807) is 18.2 Å². The van der Waals surface area contributed by atoms with Gasteiger partial charge in [0.2, 0.25) is 5.95 Å². The van der Waals surface area contributed by atoms with Crippen LogP contribution in [0.4, 0.5) is 21.0 Å². The van der Waals surface area contributed by atoms with Gasteiger partial charge in [0.05, 0.1) is 11.3 Å². The molecule has 1 aromatic carbocycles. The van der Waals surface area contributed by atoms with Crippen molar-refractivity contribution in [3.63, 3.8) is 0 Å². The molecule has 9 heteroatoms. The smallest absolute Gasteiger partial charge is 0.407 e. The van der Waals surface area contributed by atoms with E-state index >= 15 is 0 Å². The zero-order valence-electron chi connectivity index (χ0n) is 18.8. The van der Waals surface area contributed by atoms with Gasteiger partial charge in [-0.3, -0.25) is 0 Å². The van der Waals surface area contributed by atoms with Crippen molar-refractivity contribution in [1.29, 1.82) is 5.26 Å². The number of nitrogens with two attached hydrogens (primary N) is 1. The zero-order chi connectivity index (χ0) is 23.6. The first kappa shape index (κ1) is 23.3. The summed E-state index contributed by atoms with van der Waals surface area (Å²) in [4.78, 5) is 24.0. The summed E-state index contributed by atoms with van der Waals surface area (Å²) in [6.07, 6.45) is -0.0244. The molecule has 1 aliphatic rings. The van der Waals surface area contributed by atoms with Crippen LogP contribution in [-0.4, -0.2) is 51.2 Å². The Kier molecular flexibility index (Phi) is 6.53. The van der Waals surface area contributed by atoms with Gasteiger partial charge in [0.25, 0.3) is 0 Å². The molecule has 2 atom stereocenters. The minimum absolute atomic E-state index is 0.0365. The van der Waals surface area contributed by atoms with Crippen LogP contribution in [0.2, 0.25) is 0 Å². The summed E-state index contributed by atoms with van der Waals surface area (Å²) in [5.41, 5.74) is 6.40. The number of anilines is 2. The summed E-state index contributed by atoms with van der Waals surface area (Å²) in [7, 11) is 0. The van der Waals surface area contributed by atoms with Crippen molar-refractivity contribution in [2.24, 2.45) is 11.8 Å². The Morgan fingerprint density at radius 2 is 2.06 bits per heavy atom. The molecule has 8 nitrogen and oxygen atoms in total. The summed E-state index contributed by atoms with van der Waals surface area (Å²) < 4.78 is 14.1. The predicted octanol–water partition coefficient (Wildman–Crippen LogP) is 3.98. The van der Waals surface area contributed by atoms with Gasteiger partial charge >= 0.3 is 6.09 Å². The fourth-order valence-electron chi connectivity index (χ4n) is 4.22. The van der Waals surface area contributed by atoms with Crippen LogP contribution in [-0.2, 0) is 0 Å². The van der Waals surface area contributed by atoms with E-state index < -0.39 is 17.4 Å². The molecule has 1 fully saturated rings. The van der Waals surface area contributed by atoms with Gasteiger partial charge in [-0.15, -0.1) is 0 Å². The lowest BCUT2D eigenvalue weighted by atomic mass is 9.89. The van der Waals surface area contributed by atoms with Gasteiger partial charge in [0.15, 0.2) is 0 Å². The first-order chi connectivity index (χ1) is 15.0. The number of benzene rings is 1. The highest BCUT2D eigenvalue weighted by Crippen LogP contribution is 2.30. The highest BCUT2D eigenvalue weighted by Gasteiger charge is 2.33. The Morgan fingerprint density at radius 3 is 2.66 bits per heavy atom. The van der Waals surface area contributed by atoms with Crippen molar-refractivity contribution >= 4 is 17.9 Å². The maximum absolute atomic E-state index is 14.1. The fraction of sp³-hybridized carbons (Fsp3) is 0.478. The van der Waals surface area contributed by atoms with Crippen LogP contribution >= 0.6 is 0 Å². The molecule has 1 saturated heterocycles. The Bertz CT molecular complexity index is 1050. The standard InChI is InChI=1S/C23H29FN6O2/c1-14-7-15(13-30(22(31)32)23(2,3)4)12-29(11-14)20-9-19(27-21(26)28-20)16-5-6-17(10-25)18(24)8-16/h5-6,8-9,14-15H,7,11-13H2,1-4H3,(H,31,32)(H2,26,27,28)/t14-,15-/m1/s1. The fourth-order valence-corrected chi connectivity index (χ4v) is 4.22. The zero-order valence-corrected chi connectivity index (χ0v) is 18.8. The van der Waals surface area contributed by atoms with E-state index in [-0.39, 0.29) is 17.4 Å². The second kappa shape index (κ2) is 8.99. The van der Waals surface area contributed by atoms with Crippen LogP contribution < -0.4 is 10.6 Å². The SMILES string of the molecule is C[C@@H]1C[C@@H](CN(C(=O)O)C(C)(C)C)CN(c2cc(-c3ccc(C#N)c(F)c3)nc(N)n2)C1. The van der Waals surface area contributed by atoms with E-state index in [1.807, 2.05) is 20.8 Å². The average Bonchev–Trinajstić information content (AvgIpc) is 2.70. The minimum atomic E-state index is -0.932. The molecule has 1 aliphatic heterocycles. The van der Waals surface area contributed by atoms with Gasteiger partial charge in [-0.1, -0.05) is 13.0 Å². The molecule has 3 rings (SSSR count). The largest absolute Gasteiger partial charge is 0.465 e. The highest BCUT2D eigenvalue weighted by molar-refractivity contribution is 5.66. The van der Waals surface area contributed by atoms with Crippen molar-refractivity contribution in [3.8, 4) is 17.3 Å². The number of nitriles is 1. The van der Waals surface area contributed by atoms with E-state index in [9.17, 15) is 14.3 Å². The summed E-state index contributed by atoms with van der Waals surface area (Å²) in [5.74, 6) is 0.522. The Balaban J connectivity index is 1.88. The molecule has 0 spiro atoms. The lowest BCUT2D eigenvalue weighted by molar-refractivity contribution is 0.0837. The molecular formula is C23H29FN6O2. The van der Waals surface area contributed by atoms with Crippen molar-refractivity contribution in [2.75, 3.05) is 30.3 Å². The monoisotopic (exact) mass is 440 g/mol. The average molecular weight is 441 g/mol. The van der Waals surface area contributed by atoms with E-state index in [0.717, 1.165) is 13.0 Å². The minimum Gasteiger partial charge on any atom is -0.465 e. The van der Waals surface area contributed by atoms with E-state index in [0.29, 0.717) is 36.1 Å². The summed E-state index contributed by atoms with van der Waals surface area (Å²) >= 11 is 0. The van der Waals surface area contributed by atoms with Crippen molar-refractivity contribution < 1.29 is 14.3 Å². The maximum Gasteiger partial charge on any atom is 0.407 e. The molecule has 0 radical (unpaired) electrons. The molecule has 32 heavy (non-hydrogen) atoms. The van der Waals surface area contributed by atoms with Crippen LogP contribution in [0.15, 0.2) is 24.3 Å². The van der Waals surface area contributed by atoms with E-state index in [2.05, 4.69) is 21.8 Å². The molecule has 3 N–H and O–H groups in total. The van der Waals surface area contributed by atoms with Crippen LogP contribution in [0.5, 0.6) is 0 Å². The molecule has 2 aromatic rings. The quantitative estimate of drug-likeness (QED) is 0.738. The lowest BCUT2D eigenvalue weighted by Gasteiger charge is -2.41. The van der Waals surface area contributed by atoms with Crippen molar-refractivity contribution in [3.05, 3.63) is 35.6 Å². The molecular weight excluding hydrogens is 411 g/mol. The third-order valence-corrected chi connectivity index (χ3v) is 5.67. The predicted molar refractivity (Wildman–Crippen MR) is 121 cm³/mol. The number of carbonyl (C=O) groups is 1. The van der Waals surface area contributed by atoms with Crippen LogP contribution in [0.1, 0.15) is 39.7 Å². The highest BCUT2D eigenvalue weighted by atomic mass is 19.1. The summed E-state index contributed by atoms with van der Waals surface area (Å²) in [5, 5.41) is 18.6. The maximum atomic E-state index is 14.1. The normalized spacial score (nSPS) is 18.8. The number of nitrogen functional groups attached to an aromatic ring is 1. The first-order valence-corrected chi connectivity index (χ1v) is 10.6. The third kappa shape index (κ3) is 5.25. The van der Waals surface area contributed by atoms with E-state index in [1.165, 1.54) is 17.0 Å². The molecule has 0 unspecified atom stereocenters. The van der Waals surface area contributed by atoms with Crippen LogP contribution in [0.25, 0.3) is 11.3 Å². The molecule has 0 saturated carbocycles. The number of nitrogens with zero attached hydrogens (tertiary/aromatic N) is 5. The van der Waals surface area contributed by atoms with Gasteiger partial charge in [0.1, 0.15) is 17.7 Å². The molecule has 1 amide bonds. The molecule has 2 heterocycles. The second-order valence-corrected chi connectivity index (χ2v) is 9.45. The van der Waals surface area contributed by atoms with E-state index in [4.69, 9.17) is 11.0 Å². The third-order valence-electron chi connectivity index (χ3n) is 5.67. The number of hydrogen-bond acceptors (Lipinski definition) is 6. The Hall–Kier alpha value is -3.41. The van der Waals surface area contributed by atoms with Crippen LogP contribution in [0.3, 0.4) is 0 Å². The Labute approximate surface area is 187 Å². The van der Waals surface area contributed by atoms with Gasteiger partial charge < -0.3 is 20.6 Å². The topological polar surface area (TPSA) is 119 Å². The molecule has 0 bridgehead atoms. The van der Waals surface area contributed by atoms with Crippen molar-refractivity contribution in [1.82, 2.24) is 14.9 Å². The van der Waals surface area contributed by atoms with Gasteiger partial charge in [0, 0.05) is 36.8 Å². The van der Waals surface area contributed by atoms with Crippen LogP contribution in [0, 0.1) is 29.0 Å². The molecule has 0 aliphatic carbocycles. The number of aromatic nitrogens is 2. The Morgan fingerprint density at radius 1 is 1.34 bits per heavy atom. The number of halogens is 1. The number of rotatable bonds is 4. The van der Waals surface area contributed by atoms with Gasteiger partial charge in [-0.05, 0) is 51.2 Å². The molecule has 170 valence electrons. The number of piperidine rings is 1. The summed E-state index contributed by atoms with van der Waals surface area (Å²) in [6.45, 7) is 9.59.